The summed E-state index contributed by atoms with van der Waals surface area (Å²) in [6, 6.07) is 4.67. The molecular formula is C26H41N11. The zero-order valence-electron chi connectivity index (χ0n) is 21.8. The van der Waals surface area contributed by atoms with Crippen LogP contribution in [0, 0.1) is 0 Å². The number of nitrogens with one attached hydrogen (secondary N) is 4. The summed E-state index contributed by atoms with van der Waals surface area (Å²) in [4.78, 5) is 16.2. The van der Waals surface area contributed by atoms with Crippen LogP contribution in [-0.4, -0.2) is 81.8 Å². The lowest BCUT2D eigenvalue weighted by Gasteiger charge is -2.27. The predicted octanol–water partition coefficient (Wildman–Crippen LogP) is 1.93. The molecule has 1 saturated heterocycles. The molecule has 11 heteroatoms. The first-order valence-corrected chi connectivity index (χ1v) is 14.0. The van der Waals surface area contributed by atoms with Crippen LogP contribution in [0.15, 0.2) is 24.5 Å². The molecule has 1 aliphatic carbocycles. The van der Waals surface area contributed by atoms with Gasteiger partial charge >= 0.3 is 0 Å². The highest BCUT2D eigenvalue weighted by atomic mass is 15.4. The van der Waals surface area contributed by atoms with E-state index in [1.54, 1.807) is 6.20 Å². The first-order chi connectivity index (χ1) is 18.3. The first-order valence-electron chi connectivity index (χ1n) is 14.0. The van der Waals surface area contributed by atoms with E-state index >= 15 is 0 Å². The highest BCUT2D eigenvalue weighted by molar-refractivity contribution is 5.87. The van der Waals surface area contributed by atoms with E-state index in [9.17, 15) is 0 Å². The number of nitrogens with zero attached hydrogens (tertiary/aromatic N) is 7. The molecule has 0 spiro atoms. The van der Waals surface area contributed by atoms with Crippen LogP contribution in [0.2, 0.25) is 0 Å². The van der Waals surface area contributed by atoms with Crippen molar-refractivity contribution in [2.45, 2.75) is 64.1 Å². The number of hydrogen-bond acceptors (Lipinski definition) is 10. The van der Waals surface area contributed by atoms with E-state index in [1.165, 1.54) is 38.5 Å². The minimum absolute atomic E-state index is 0.550. The van der Waals surface area contributed by atoms with Crippen LogP contribution in [0.25, 0.3) is 11.0 Å². The Balaban J connectivity index is 1.04. The topological polar surface area (TPSA) is 121 Å². The molecule has 3 aromatic rings. The van der Waals surface area contributed by atoms with Gasteiger partial charge in [-0.15, -0.1) is 5.10 Å². The maximum atomic E-state index is 4.83. The lowest BCUT2D eigenvalue weighted by Crippen LogP contribution is -2.44. The van der Waals surface area contributed by atoms with Crippen molar-refractivity contribution in [2.75, 3.05) is 56.0 Å². The number of aryl methyl sites for hydroxylation is 1. The van der Waals surface area contributed by atoms with Crippen LogP contribution in [0.4, 0.5) is 11.8 Å². The zero-order valence-corrected chi connectivity index (χ0v) is 21.8. The molecule has 5 rings (SSSR count). The average molecular weight is 508 g/mol. The summed E-state index contributed by atoms with van der Waals surface area (Å²) in [6.45, 7) is 8.21. The Labute approximate surface area is 219 Å². The number of anilines is 2. The number of rotatable bonds is 13. The normalized spacial score (nSPS) is 16.9. The predicted molar refractivity (Wildman–Crippen MR) is 147 cm³/mol. The number of hydrogen-bond donors (Lipinski definition) is 4. The lowest BCUT2D eigenvalue weighted by molar-refractivity contribution is 0.371. The van der Waals surface area contributed by atoms with Gasteiger partial charge in [0.2, 0.25) is 5.95 Å². The van der Waals surface area contributed by atoms with Crippen molar-refractivity contribution in [3.63, 3.8) is 0 Å². The summed E-state index contributed by atoms with van der Waals surface area (Å²) >= 11 is 0. The molecule has 3 aromatic heterocycles. The highest BCUT2D eigenvalue weighted by Crippen LogP contribution is 2.23. The van der Waals surface area contributed by atoms with E-state index < -0.39 is 0 Å². The lowest BCUT2D eigenvalue weighted by atomic mass is 9.95. The fourth-order valence-electron chi connectivity index (χ4n) is 5.11. The summed E-state index contributed by atoms with van der Waals surface area (Å²) in [5.74, 6) is 1.50. The molecule has 0 amide bonds. The van der Waals surface area contributed by atoms with Crippen LogP contribution < -0.4 is 26.2 Å². The Bertz CT molecular complexity index is 1090. The highest BCUT2D eigenvalue weighted by Gasteiger charge is 2.17. The number of fused-ring (bicyclic) bond motifs is 1. The molecule has 0 radical (unpaired) electrons. The second kappa shape index (κ2) is 13.6. The Morgan fingerprint density at radius 1 is 1.00 bits per heavy atom. The number of pyridine rings is 1. The minimum Gasteiger partial charge on any atom is -0.364 e. The van der Waals surface area contributed by atoms with Crippen molar-refractivity contribution < 1.29 is 0 Å². The smallest absolute Gasteiger partial charge is 0.229 e. The maximum Gasteiger partial charge on any atom is 0.229 e. The molecule has 0 aromatic carbocycles. The third-order valence-electron chi connectivity index (χ3n) is 7.19. The second-order valence-electron chi connectivity index (χ2n) is 10.1. The van der Waals surface area contributed by atoms with Gasteiger partial charge in [0, 0.05) is 45.0 Å². The minimum atomic E-state index is 0.550. The van der Waals surface area contributed by atoms with Crippen molar-refractivity contribution in [2.24, 2.45) is 0 Å². The molecule has 0 bridgehead atoms. The van der Waals surface area contributed by atoms with Gasteiger partial charge in [-0.25, -0.2) is 4.98 Å². The van der Waals surface area contributed by atoms with E-state index in [1.807, 2.05) is 23.0 Å². The summed E-state index contributed by atoms with van der Waals surface area (Å²) in [5.41, 5.74) is 1.59. The standard InChI is InChI=1S/C26H41N11/c1-2-7-21(8-3-1)29-13-5-10-27-11-6-16-37-20-22(34-35-37)19-31-25-23-9-4-12-30-24(23)32-26(33-25)36-17-14-28-15-18-36/h4,9,12,20-21,27-29H,1-3,5-8,10-11,13-19H2,(H,30,31,32,33). The fraction of sp³-hybridized carbons (Fsp3) is 0.654. The largest absolute Gasteiger partial charge is 0.364 e. The molecule has 37 heavy (non-hydrogen) atoms. The molecule has 4 heterocycles. The van der Waals surface area contributed by atoms with Crippen LogP contribution in [0.5, 0.6) is 0 Å². The molecule has 1 saturated carbocycles. The van der Waals surface area contributed by atoms with Crippen LogP contribution >= 0.6 is 0 Å². The Kier molecular flexibility index (Phi) is 9.46. The van der Waals surface area contributed by atoms with Gasteiger partial charge in [0.15, 0.2) is 5.65 Å². The summed E-state index contributed by atoms with van der Waals surface area (Å²) in [7, 11) is 0. The molecule has 4 N–H and O–H groups in total. The van der Waals surface area contributed by atoms with Gasteiger partial charge in [-0.3, -0.25) is 4.68 Å². The van der Waals surface area contributed by atoms with E-state index in [2.05, 4.69) is 41.5 Å². The number of aromatic nitrogens is 6. The quantitative estimate of drug-likeness (QED) is 0.255. The summed E-state index contributed by atoms with van der Waals surface area (Å²) < 4.78 is 1.93. The SMILES string of the molecule is c1cnc2nc(N3CCNCC3)nc(NCc3cn(CCCNCCCNC4CCCCC4)nn3)c2c1. The Morgan fingerprint density at radius 3 is 2.76 bits per heavy atom. The zero-order chi connectivity index (χ0) is 25.1. The second-order valence-corrected chi connectivity index (χ2v) is 10.1. The monoisotopic (exact) mass is 507 g/mol. The molecule has 0 atom stereocenters. The summed E-state index contributed by atoms with van der Waals surface area (Å²) in [6.07, 6.45) is 12.9. The van der Waals surface area contributed by atoms with E-state index in [4.69, 9.17) is 9.97 Å². The first kappa shape index (κ1) is 25.7. The fourth-order valence-corrected chi connectivity index (χ4v) is 5.11. The van der Waals surface area contributed by atoms with Gasteiger partial charge in [0.05, 0.1) is 18.1 Å². The third kappa shape index (κ3) is 7.56. The third-order valence-corrected chi connectivity index (χ3v) is 7.19. The molecular weight excluding hydrogens is 466 g/mol. The summed E-state index contributed by atoms with van der Waals surface area (Å²) in [5, 5.41) is 23.7. The van der Waals surface area contributed by atoms with E-state index in [0.29, 0.717) is 12.2 Å². The van der Waals surface area contributed by atoms with E-state index in [0.717, 1.165) is 87.7 Å². The van der Waals surface area contributed by atoms with Gasteiger partial charge in [-0.05, 0) is 57.5 Å². The van der Waals surface area contributed by atoms with Gasteiger partial charge in [-0.1, -0.05) is 24.5 Å². The van der Waals surface area contributed by atoms with Gasteiger partial charge < -0.3 is 26.2 Å². The van der Waals surface area contributed by atoms with Crippen molar-refractivity contribution >= 4 is 22.8 Å². The molecule has 200 valence electrons. The molecule has 2 fully saturated rings. The van der Waals surface area contributed by atoms with Crippen molar-refractivity contribution in [1.29, 1.82) is 0 Å². The van der Waals surface area contributed by atoms with E-state index in [-0.39, 0.29) is 0 Å². The van der Waals surface area contributed by atoms with Crippen molar-refractivity contribution in [3.8, 4) is 0 Å². The molecule has 1 aliphatic heterocycles. The average Bonchev–Trinajstić information content (AvgIpc) is 3.41. The van der Waals surface area contributed by atoms with Crippen LogP contribution in [-0.2, 0) is 13.1 Å². The van der Waals surface area contributed by atoms with Crippen molar-refractivity contribution in [3.05, 3.63) is 30.2 Å². The Morgan fingerprint density at radius 2 is 1.86 bits per heavy atom. The van der Waals surface area contributed by atoms with Gasteiger partial charge in [0.25, 0.3) is 0 Å². The van der Waals surface area contributed by atoms with Crippen LogP contribution in [0.3, 0.4) is 0 Å². The van der Waals surface area contributed by atoms with Crippen molar-refractivity contribution in [1.82, 2.24) is 45.9 Å². The number of piperazine rings is 1. The Hall–Kier alpha value is -2.89. The molecule has 11 nitrogen and oxygen atoms in total. The molecule has 2 aliphatic rings. The van der Waals surface area contributed by atoms with Crippen LogP contribution in [0.1, 0.15) is 50.6 Å². The molecule has 0 unspecified atom stereocenters. The maximum absolute atomic E-state index is 4.83. The van der Waals surface area contributed by atoms with Gasteiger partial charge in [-0.2, -0.15) is 9.97 Å². The van der Waals surface area contributed by atoms with Gasteiger partial charge in [0.1, 0.15) is 11.5 Å².